The molecule has 0 aliphatic carbocycles. The summed E-state index contributed by atoms with van der Waals surface area (Å²) in [7, 11) is 0. The van der Waals surface area contributed by atoms with Crippen molar-refractivity contribution in [2.45, 2.75) is 39.2 Å². The van der Waals surface area contributed by atoms with E-state index in [4.69, 9.17) is 0 Å². The second kappa shape index (κ2) is 6.47. The largest absolute Gasteiger partial charge is 0.479 e. The number of thioether (sulfide) groups is 1. The summed E-state index contributed by atoms with van der Waals surface area (Å²) in [5.41, 5.74) is -1.64. The molecule has 3 N–H and O–H groups in total. The molecule has 1 unspecified atom stereocenters. The van der Waals surface area contributed by atoms with Gasteiger partial charge >= 0.3 is 5.97 Å². The van der Waals surface area contributed by atoms with Crippen LogP contribution < -0.4 is 10.6 Å². The van der Waals surface area contributed by atoms with Crippen molar-refractivity contribution in [3.05, 3.63) is 0 Å². The highest BCUT2D eigenvalue weighted by molar-refractivity contribution is 7.99. The van der Waals surface area contributed by atoms with Crippen LogP contribution in [0.15, 0.2) is 0 Å². The number of carboxylic acids is 1. The Kier molecular flexibility index (Phi) is 5.44. The quantitative estimate of drug-likeness (QED) is 0.692. The maximum absolute atomic E-state index is 11.8. The Balaban J connectivity index is 2.40. The molecule has 2 amide bonds. The molecule has 0 radical (unpaired) electrons. The zero-order valence-electron chi connectivity index (χ0n) is 12.1. The van der Waals surface area contributed by atoms with E-state index in [-0.39, 0.29) is 24.8 Å². The fourth-order valence-corrected chi connectivity index (χ4v) is 3.10. The number of rotatable bonds is 5. The molecule has 0 saturated carbocycles. The van der Waals surface area contributed by atoms with E-state index in [2.05, 4.69) is 10.6 Å². The molecule has 0 aromatic carbocycles. The monoisotopic (exact) mass is 302 g/mol. The van der Waals surface area contributed by atoms with Crippen LogP contribution in [0.4, 0.5) is 0 Å². The van der Waals surface area contributed by atoms with Gasteiger partial charge in [0.2, 0.25) is 11.8 Å². The third kappa shape index (κ3) is 4.40. The van der Waals surface area contributed by atoms with Crippen LogP contribution in [-0.4, -0.2) is 46.5 Å². The molecule has 0 spiro atoms. The maximum atomic E-state index is 11.8. The number of hydrogen-bond acceptors (Lipinski definition) is 4. The van der Waals surface area contributed by atoms with Crippen molar-refractivity contribution in [3.63, 3.8) is 0 Å². The lowest BCUT2D eigenvalue weighted by atomic mass is 9.95. The fourth-order valence-electron chi connectivity index (χ4n) is 1.77. The van der Waals surface area contributed by atoms with Crippen molar-refractivity contribution in [2.24, 2.45) is 5.41 Å². The minimum absolute atomic E-state index is 0.0848. The number of nitrogens with one attached hydrogen (secondary N) is 2. The lowest BCUT2D eigenvalue weighted by Gasteiger charge is -2.24. The highest BCUT2D eigenvalue weighted by Crippen LogP contribution is 2.28. The molecule has 0 bridgehead atoms. The third-order valence-corrected chi connectivity index (χ3v) is 4.32. The molecular weight excluding hydrogens is 280 g/mol. The molecule has 1 atom stereocenters. The number of carbonyl (C=O) groups is 3. The minimum Gasteiger partial charge on any atom is -0.479 e. The molecule has 1 fully saturated rings. The first-order valence-corrected chi connectivity index (χ1v) is 7.73. The van der Waals surface area contributed by atoms with Crippen LogP contribution in [0, 0.1) is 5.41 Å². The summed E-state index contributed by atoms with van der Waals surface area (Å²) >= 11 is 1.52. The van der Waals surface area contributed by atoms with Crippen LogP contribution in [0.3, 0.4) is 0 Å². The maximum Gasteiger partial charge on any atom is 0.330 e. The van der Waals surface area contributed by atoms with Gasteiger partial charge in [-0.25, -0.2) is 4.79 Å². The molecule has 20 heavy (non-hydrogen) atoms. The molecule has 1 saturated heterocycles. The highest BCUT2D eigenvalue weighted by Gasteiger charge is 2.43. The first-order chi connectivity index (χ1) is 9.17. The van der Waals surface area contributed by atoms with E-state index < -0.39 is 16.9 Å². The van der Waals surface area contributed by atoms with Gasteiger partial charge in [-0.2, -0.15) is 11.8 Å². The summed E-state index contributed by atoms with van der Waals surface area (Å²) in [6, 6.07) is 0. The summed E-state index contributed by atoms with van der Waals surface area (Å²) < 4.78 is 0. The van der Waals surface area contributed by atoms with Crippen molar-refractivity contribution in [1.82, 2.24) is 10.6 Å². The Hall–Kier alpha value is -1.24. The van der Waals surface area contributed by atoms with Crippen LogP contribution in [-0.2, 0) is 14.4 Å². The zero-order chi connectivity index (χ0) is 15.4. The SMILES string of the molecule is CC(C)(C)C(=O)NCCC(=O)NC1(C(=O)O)CCSC1. The number of amides is 2. The van der Waals surface area contributed by atoms with Gasteiger partial charge in [-0.1, -0.05) is 20.8 Å². The van der Waals surface area contributed by atoms with Gasteiger partial charge in [0, 0.05) is 24.1 Å². The fraction of sp³-hybridized carbons (Fsp3) is 0.769. The minimum atomic E-state index is -1.14. The van der Waals surface area contributed by atoms with E-state index >= 15 is 0 Å². The molecule has 1 heterocycles. The van der Waals surface area contributed by atoms with Gasteiger partial charge in [0.25, 0.3) is 0 Å². The lowest BCUT2D eigenvalue weighted by Crippen LogP contribution is -2.55. The predicted molar refractivity (Wildman–Crippen MR) is 77.5 cm³/mol. The lowest BCUT2D eigenvalue weighted by molar-refractivity contribution is -0.146. The van der Waals surface area contributed by atoms with E-state index in [1.807, 2.05) is 0 Å². The third-order valence-electron chi connectivity index (χ3n) is 3.13. The molecule has 114 valence electrons. The molecule has 7 heteroatoms. The van der Waals surface area contributed by atoms with Crippen molar-refractivity contribution in [1.29, 1.82) is 0 Å². The Morgan fingerprint density at radius 2 is 1.95 bits per heavy atom. The summed E-state index contributed by atoms with van der Waals surface area (Å²) in [5, 5.41) is 14.5. The Morgan fingerprint density at radius 1 is 1.30 bits per heavy atom. The van der Waals surface area contributed by atoms with Crippen LogP contribution >= 0.6 is 11.8 Å². The van der Waals surface area contributed by atoms with Gasteiger partial charge in [0.05, 0.1) is 0 Å². The first-order valence-electron chi connectivity index (χ1n) is 6.58. The van der Waals surface area contributed by atoms with Crippen molar-refractivity contribution in [2.75, 3.05) is 18.1 Å². The molecular formula is C13H22N2O4S. The average molecular weight is 302 g/mol. The topological polar surface area (TPSA) is 95.5 Å². The van der Waals surface area contributed by atoms with Gasteiger partial charge in [-0.15, -0.1) is 0 Å². The molecule has 1 aliphatic heterocycles. The highest BCUT2D eigenvalue weighted by atomic mass is 32.2. The Bertz CT molecular complexity index is 398. The van der Waals surface area contributed by atoms with E-state index in [9.17, 15) is 19.5 Å². The molecule has 1 rings (SSSR count). The summed E-state index contributed by atoms with van der Waals surface area (Å²) in [6.07, 6.45) is 0.522. The Labute approximate surface area is 123 Å². The van der Waals surface area contributed by atoms with E-state index in [1.165, 1.54) is 11.8 Å². The summed E-state index contributed by atoms with van der Waals surface area (Å²) in [4.78, 5) is 34.7. The van der Waals surface area contributed by atoms with Crippen LogP contribution in [0.2, 0.25) is 0 Å². The first kappa shape index (κ1) is 16.8. The van der Waals surface area contributed by atoms with Gasteiger partial charge < -0.3 is 15.7 Å². The van der Waals surface area contributed by atoms with Gasteiger partial charge in [0.1, 0.15) is 5.54 Å². The van der Waals surface area contributed by atoms with Crippen molar-refractivity contribution in [3.8, 4) is 0 Å². The number of carbonyl (C=O) groups excluding carboxylic acids is 2. The van der Waals surface area contributed by atoms with Crippen molar-refractivity contribution < 1.29 is 19.5 Å². The molecule has 0 aromatic rings. The normalized spacial score (nSPS) is 22.4. The van der Waals surface area contributed by atoms with E-state index in [0.29, 0.717) is 12.2 Å². The van der Waals surface area contributed by atoms with Gasteiger partial charge in [-0.3, -0.25) is 9.59 Å². The summed E-state index contributed by atoms with van der Waals surface area (Å²) in [6.45, 7) is 5.58. The second-order valence-corrected chi connectivity index (χ2v) is 7.10. The number of aliphatic carboxylic acids is 1. The van der Waals surface area contributed by atoms with Gasteiger partial charge in [-0.05, 0) is 12.2 Å². The summed E-state index contributed by atoms with van der Waals surface area (Å²) in [5.74, 6) is -0.344. The van der Waals surface area contributed by atoms with Crippen LogP contribution in [0.1, 0.15) is 33.6 Å². The second-order valence-electron chi connectivity index (χ2n) is 5.99. The Morgan fingerprint density at radius 3 is 2.40 bits per heavy atom. The van der Waals surface area contributed by atoms with Crippen molar-refractivity contribution >= 4 is 29.5 Å². The molecule has 6 nitrogen and oxygen atoms in total. The smallest absolute Gasteiger partial charge is 0.330 e. The standard InChI is InChI=1S/C13H22N2O4S/c1-12(2,3)10(17)14-6-4-9(16)15-13(11(18)19)5-7-20-8-13/h4-8H2,1-3H3,(H,14,17)(H,15,16)(H,18,19). The van der Waals surface area contributed by atoms with E-state index in [0.717, 1.165) is 5.75 Å². The average Bonchev–Trinajstić information content (AvgIpc) is 2.77. The van der Waals surface area contributed by atoms with Crippen LogP contribution in [0.25, 0.3) is 0 Å². The van der Waals surface area contributed by atoms with E-state index in [1.54, 1.807) is 20.8 Å². The predicted octanol–water partition coefficient (Wildman–Crippen LogP) is 0.615. The molecule has 1 aliphatic rings. The van der Waals surface area contributed by atoms with Gasteiger partial charge in [0.15, 0.2) is 0 Å². The number of hydrogen-bond donors (Lipinski definition) is 3. The number of carboxylic acid groups (broad SMARTS) is 1. The molecule has 0 aromatic heterocycles. The zero-order valence-corrected chi connectivity index (χ0v) is 12.9. The van der Waals surface area contributed by atoms with Crippen LogP contribution in [0.5, 0.6) is 0 Å².